The van der Waals surface area contributed by atoms with Crippen LogP contribution < -0.4 is 0 Å². The van der Waals surface area contributed by atoms with Gasteiger partial charge in [0.1, 0.15) is 0 Å². The van der Waals surface area contributed by atoms with Gasteiger partial charge in [-0.15, -0.1) is 0 Å². The van der Waals surface area contributed by atoms with Crippen molar-refractivity contribution >= 4 is 28.5 Å². The lowest BCUT2D eigenvalue weighted by atomic mass is 9.80. The second kappa shape index (κ2) is 4.27. The number of aromatic amines is 1. The molecule has 0 spiro atoms. The predicted molar refractivity (Wildman–Crippen MR) is 75.9 cm³/mol. The van der Waals surface area contributed by atoms with E-state index in [1.807, 2.05) is 19.1 Å². The fourth-order valence-electron chi connectivity index (χ4n) is 3.15. The molecule has 0 bridgehead atoms. The van der Waals surface area contributed by atoms with E-state index in [1.165, 1.54) is 0 Å². The molecule has 0 amide bonds. The molecule has 2 unspecified atom stereocenters. The molecule has 2 atom stereocenters. The minimum atomic E-state index is -0.747. The number of hydrogen-bond acceptors (Lipinski definition) is 1. The lowest BCUT2D eigenvalue weighted by molar-refractivity contribution is -0.139. The molecule has 1 aromatic heterocycles. The van der Waals surface area contributed by atoms with Crippen molar-refractivity contribution in [2.75, 3.05) is 0 Å². The number of carbonyl (C=O) groups is 1. The molecule has 3 nitrogen and oxygen atoms in total. The minimum Gasteiger partial charge on any atom is -0.481 e. The van der Waals surface area contributed by atoms with E-state index in [2.05, 4.69) is 11.9 Å². The van der Waals surface area contributed by atoms with E-state index in [1.54, 1.807) is 0 Å². The fraction of sp³-hybridized carbons (Fsp3) is 0.400. The van der Waals surface area contributed by atoms with Gasteiger partial charge in [-0.2, -0.15) is 0 Å². The van der Waals surface area contributed by atoms with Gasteiger partial charge in [-0.1, -0.05) is 24.6 Å². The lowest BCUT2D eigenvalue weighted by Gasteiger charge is -2.24. The average molecular weight is 278 g/mol. The number of fused-ring (bicyclic) bond motifs is 3. The molecule has 1 aromatic carbocycles. The van der Waals surface area contributed by atoms with Crippen LogP contribution in [0.15, 0.2) is 12.1 Å². The molecule has 0 aliphatic heterocycles. The maximum atomic E-state index is 11.4. The smallest absolute Gasteiger partial charge is 0.312 e. The predicted octanol–water partition coefficient (Wildman–Crippen LogP) is 3.88. The van der Waals surface area contributed by atoms with E-state index in [0.29, 0.717) is 17.4 Å². The van der Waals surface area contributed by atoms with E-state index in [0.717, 1.165) is 34.1 Å². The molecule has 0 saturated carbocycles. The lowest BCUT2D eigenvalue weighted by Crippen LogP contribution is -2.22. The number of aryl methyl sites for hydroxylation is 1. The van der Waals surface area contributed by atoms with Crippen molar-refractivity contribution in [3.05, 3.63) is 34.0 Å². The highest BCUT2D eigenvalue weighted by molar-refractivity contribution is 6.32. The number of aliphatic carboxylic acids is 1. The van der Waals surface area contributed by atoms with Crippen LogP contribution in [0.4, 0.5) is 0 Å². The number of benzene rings is 1. The van der Waals surface area contributed by atoms with Gasteiger partial charge in [-0.25, -0.2) is 0 Å². The number of aromatic nitrogens is 1. The van der Waals surface area contributed by atoms with Crippen molar-refractivity contribution < 1.29 is 9.90 Å². The average Bonchev–Trinajstić information content (AvgIpc) is 2.72. The first kappa shape index (κ1) is 12.5. The van der Waals surface area contributed by atoms with Gasteiger partial charge in [0.25, 0.3) is 0 Å². The van der Waals surface area contributed by atoms with Crippen LogP contribution in [0.3, 0.4) is 0 Å². The van der Waals surface area contributed by atoms with Crippen molar-refractivity contribution in [1.82, 2.24) is 4.98 Å². The maximum absolute atomic E-state index is 11.4. The van der Waals surface area contributed by atoms with Crippen LogP contribution >= 0.6 is 11.6 Å². The molecule has 0 radical (unpaired) electrons. The van der Waals surface area contributed by atoms with Crippen molar-refractivity contribution in [2.45, 2.75) is 32.6 Å². The Balaban J connectivity index is 2.29. The maximum Gasteiger partial charge on any atom is 0.312 e. The van der Waals surface area contributed by atoms with Crippen LogP contribution in [0.25, 0.3) is 10.9 Å². The quantitative estimate of drug-likeness (QED) is 0.831. The molecule has 2 N–H and O–H groups in total. The number of nitrogens with one attached hydrogen (secondary N) is 1. The Morgan fingerprint density at radius 2 is 2.21 bits per heavy atom. The third kappa shape index (κ3) is 1.84. The first-order chi connectivity index (χ1) is 8.99. The molecule has 0 fully saturated rings. The van der Waals surface area contributed by atoms with Gasteiger partial charge in [0.2, 0.25) is 0 Å². The summed E-state index contributed by atoms with van der Waals surface area (Å²) >= 11 is 6.14. The minimum absolute atomic E-state index is 0.392. The monoisotopic (exact) mass is 277 g/mol. The Hall–Kier alpha value is -1.48. The molecule has 1 aliphatic carbocycles. The van der Waals surface area contributed by atoms with Crippen molar-refractivity contribution in [1.29, 1.82) is 0 Å². The molecular weight excluding hydrogens is 262 g/mol. The molecule has 19 heavy (non-hydrogen) atoms. The topological polar surface area (TPSA) is 53.1 Å². The van der Waals surface area contributed by atoms with Gasteiger partial charge in [0, 0.05) is 16.1 Å². The summed E-state index contributed by atoms with van der Waals surface area (Å²) in [7, 11) is 0. The Morgan fingerprint density at radius 3 is 2.89 bits per heavy atom. The normalized spacial score (nSPS) is 22.5. The highest BCUT2D eigenvalue weighted by atomic mass is 35.5. The Morgan fingerprint density at radius 1 is 1.47 bits per heavy atom. The van der Waals surface area contributed by atoms with E-state index >= 15 is 0 Å². The van der Waals surface area contributed by atoms with Crippen LogP contribution in [0.2, 0.25) is 5.02 Å². The van der Waals surface area contributed by atoms with Crippen LogP contribution in [0.5, 0.6) is 0 Å². The summed E-state index contributed by atoms with van der Waals surface area (Å²) in [5.41, 5.74) is 4.00. The van der Waals surface area contributed by atoms with Gasteiger partial charge < -0.3 is 10.1 Å². The molecule has 4 heteroatoms. The van der Waals surface area contributed by atoms with E-state index in [4.69, 9.17) is 11.6 Å². The largest absolute Gasteiger partial charge is 0.481 e. The summed E-state index contributed by atoms with van der Waals surface area (Å²) in [5, 5.41) is 11.2. The first-order valence-corrected chi connectivity index (χ1v) is 6.89. The molecule has 2 aromatic rings. The van der Waals surface area contributed by atoms with Gasteiger partial charge in [-0.05, 0) is 42.9 Å². The number of H-pyrrole nitrogens is 1. The fourth-order valence-corrected chi connectivity index (χ4v) is 3.31. The molecule has 1 aliphatic rings. The SMILES string of the molecule is Cc1c(Cl)ccc2c3c([nH]c12)C(C(=O)O)CC(C)C3. The third-order valence-electron chi connectivity index (χ3n) is 4.15. The molecule has 3 rings (SSSR count). The van der Waals surface area contributed by atoms with Crippen LogP contribution in [0.1, 0.15) is 36.1 Å². The van der Waals surface area contributed by atoms with Gasteiger partial charge in [0.05, 0.1) is 11.4 Å². The standard InChI is InChI=1S/C15H16ClNO2/c1-7-5-10-9-3-4-12(16)8(2)13(9)17-14(10)11(6-7)15(18)19/h3-4,7,11,17H,5-6H2,1-2H3,(H,18,19). The Bertz CT molecular complexity index is 674. The number of carboxylic acids is 1. The summed E-state index contributed by atoms with van der Waals surface area (Å²) in [6.45, 7) is 4.08. The van der Waals surface area contributed by atoms with Crippen molar-refractivity contribution in [3.63, 3.8) is 0 Å². The third-order valence-corrected chi connectivity index (χ3v) is 4.56. The second-order valence-corrected chi connectivity index (χ2v) is 5.96. The van der Waals surface area contributed by atoms with Gasteiger partial charge in [0.15, 0.2) is 0 Å². The number of rotatable bonds is 1. The Kier molecular flexibility index (Phi) is 2.82. The van der Waals surface area contributed by atoms with Gasteiger partial charge in [-0.3, -0.25) is 4.79 Å². The zero-order valence-corrected chi connectivity index (χ0v) is 11.7. The highest BCUT2D eigenvalue weighted by Gasteiger charge is 2.32. The highest BCUT2D eigenvalue weighted by Crippen LogP contribution is 2.40. The molecule has 100 valence electrons. The summed E-state index contributed by atoms with van der Waals surface area (Å²) < 4.78 is 0. The number of hydrogen-bond donors (Lipinski definition) is 2. The summed E-state index contributed by atoms with van der Waals surface area (Å²) in [6, 6.07) is 3.89. The summed E-state index contributed by atoms with van der Waals surface area (Å²) in [6.07, 6.45) is 1.63. The second-order valence-electron chi connectivity index (χ2n) is 5.55. The van der Waals surface area contributed by atoms with E-state index < -0.39 is 11.9 Å². The van der Waals surface area contributed by atoms with Crippen LogP contribution in [-0.4, -0.2) is 16.1 Å². The zero-order chi connectivity index (χ0) is 13.7. The van der Waals surface area contributed by atoms with Crippen LogP contribution in [0, 0.1) is 12.8 Å². The summed E-state index contributed by atoms with van der Waals surface area (Å²) in [4.78, 5) is 14.8. The van der Waals surface area contributed by atoms with E-state index in [9.17, 15) is 9.90 Å². The summed E-state index contributed by atoms with van der Waals surface area (Å²) in [5.74, 6) is -0.781. The molecular formula is C15H16ClNO2. The number of halogens is 1. The van der Waals surface area contributed by atoms with Crippen molar-refractivity contribution in [3.8, 4) is 0 Å². The van der Waals surface area contributed by atoms with E-state index in [-0.39, 0.29) is 0 Å². The van der Waals surface area contributed by atoms with Crippen molar-refractivity contribution in [2.24, 2.45) is 5.92 Å². The number of carboxylic acid groups (broad SMARTS) is 1. The van der Waals surface area contributed by atoms with Gasteiger partial charge >= 0.3 is 5.97 Å². The van der Waals surface area contributed by atoms with Crippen LogP contribution in [-0.2, 0) is 11.2 Å². The zero-order valence-electron chi connectivity index (χ0n) is 11.0. The molecule has 1 heterocycles. The Labute approximate surface area is 116 Å². The first-order valence-electron chi connectivity index (χ1n) is 6.51. The molecule has 0 saturated heterocycles.